The lowest BCUT2D eigenvalue weighted by molar-refractivity contribution is 0.128. The van der Waals surface area contributed by atoms with Crippen molar-refractivity contribution >= 4 is 0 Å². The zero-order chi connectivity index (χ0) is 13.2. The van der Waals surface area contributed by atoms with E-state index in [0.29, 0.717) is 12.1 Å². The fraction of sp³-hybridized carbons (Fsp3) is 0.647. The number of rotatable bonds is 3. The van der Waals surface area contributed by atoms with Crippen molar-refractivity contribution in [2.75, 3.05) is 7.05 Å². The van der Waals surface area contributed by atoms with Crippen molar-refractivity contribution in [3.63, 3.8) is 0 Å². The fourth-order valence-corrected chi connectivity index (χ4v) is 3.70. The van der Waals surface area contributed by atoms with E-state index in [2.05, 4.69) is 37.5 Å². The molecule has 0 spiro atoms. The molecular formula is C17H25NO. The van der Waals surface area contributed by atoms with E-state index in [1.807, 2.05) is 0 Å². The summed E-state index contributed by atoms with van der Waals surface area (Å²) in [7, 11) is 2.05. The third-order valence-corrected chi connectivity index (χ3v) is 4.76. The van der Waals surface area contributed by atoms with Crippen molar-refractivity contribution < 1.29 is 4.74 Å². The van der Waals surface area contributed by atoms with Crippen LogP contribution in [-0.4, -0.2) is 13.2 Å². The average molecular weight is 259 g/mol. The van der Waals surface area contributed by atoms with Crippen LogP contribution in [0.3, 0.4) is 0 Å². The molecule has 0 bridgehead atoms. The number of hydrogen-bond acceptors (Lipinski definition) is 2. The SMILES string of the molecule is CNC1CCc2c(OC3CCCC(C)C3)cccc21. The Hall–Kier alpha value is -1.02. The van der Waals surface area contributed by atoms with Crippen LogP contribution in [0.5, 0.6) is 5.75 Å². The molecule has 1 saturated carbocycles. The van der Waals surface area contributed by atoms with E-state index in [0.717, 1.165) is 18.1 Å². The fourth-order valence-electron chi connectivity index (χ4n) is 3.70. The Morgan fingerprint density at radius 2 is 2.11 bits per heavy atom. The van der Waals surface area contributed by atoms with Gasteiger partial charge in [0.15, 0.2) is 0 Å². The quantitative estimate of drug-likeness (QED) is 0.890. The monoisotopic (exact) mass is 259 g/mol. The molecule has 1 aromatic carbocycles. The van der Waals surface area contributed by atoms with E-state index in [1.165, 1.54) is 43.2 Å². The molecule has 0 saturated heterocycles. The molecule has 3 unspecified atom stereocenters. The number of hydrogen-bond donors (Lipinski definition) is 1. The van der Waals surface area contributed by atoms with Gasteiger partial charge < -0.3 is 10.1 Å². The second kappa shape index (κ2) is 5.54. The van der Waals surface area contributed by atoms with Gasteiger partial charge in [-0.1, -0.05) is 25.5 Å². The molecule has 2 aliphatic rings. The molecule has 3 rings (SSSR count). The van der Waals surface area contributed by atoms with Crippen LogP contribution in [0.2, 0.25) is 0 Å². The third-order valence-electron chi connectivity index (χ3n) is 4.76. The summed E-state index contributed by atoms with van der Waals surface area (Å²) in [6, 6.07) is 7.08. The van der Waals surface area contributed by atoms with Gasteiger partial charge in [0.1, 0.15) is 5.75 Å². The highest BCUT2D eigenvalue weighted by atomic mass is 16.5. The van der Waals surface area contributed by atoms with E-state index in [9.17, 15) is 0 Å². The van der Waals surface area contributed by atoms with E-state index in [-0.39, 0.29) is 0 Å². The maximum absolute atomic E-state index is 6.33. The smallest absolute Gasteiger partial charge is 0.123 e. The summed E-state index contributed by atoms with van der Waals surface area (Å²) in [5.41, 5.74) is 2.89. The minimum Gasteiger partial charge on any atom is -0.490 e. The number of nitrogens with one attached hydrogen (secondary N) is 1. The lowest BCUT2D eigenvalue weighted by Gasteiger charge is -2.28. The van der Waals surface area contributed by atoms with Crippen LogP contribution in [0, 0.1) is 5.92 Å². The zero-order valence-electron chi connectivity index (χ0n) is 12.1. The van der Waals surface area contributed by atoms with Crippen LogP contribution in [0.1, 0.15) is 56.2 Å². The van der Waals surface area contributed by atoms with Gasteiger partial charge in [-0.05, 0) is 62.3 Å². The lowest BCUT2D eigenvalue weighted by Crippen LogP contribution is -2.24. The highest BCUT2D eigenvalue weighted by molar-refractivity contribution is 5.45. The Kier molecular flexibility index (Phi) is 3.79. The Labute approximate surface area is 116 Å². The summed E-state index contributed by atoms with van der Waals surface area (Å²) in [6.07, 6.45) is 7.92. The van der Waals surface area contributed by atoms with Crippen molar-refractivity contribution in [2.45, 2.75) is 57.6 Å². The summed E-state index contributed by atoms with van der Waals surface area (Å²) in [5, 5.41) is 3.40. The molecule has 19 heavy (non-hydrogen) atoms. The minimum atomic E-state index is 0.434. The highest BCUT2D eigenvalue weighted by Gasteiger charge is 2.26. The summed E-state index contributed by atoms with van der Waals surface area (Å²) < 4.78 is 6.33. The molecule has 2 heteroatoms. The molecule has 1 aromatic rings. The van der Waals surface area contributed by atoms with Gasteiger partial charge in [0, 0.05) is 6.04 Å². The molecule has 104 valence electrons. The van der Waals surface area contributed by atoms with Crippen LogP contribution in [0.15, 0.2) is 18.2 Å². The predicted octanol–water partition coefficient (Wildman–Crippen LogP) is 3.85. The number of fused-ring (bicyclic) bond motifs is 1. The maximum atomic E-state index is 6.33. The van der Waals surface area contributed by atoms with Gasteiger partial charge in [-0.2, -0.15) is 0 Å². The third kappa shape index (κ3) is 2.64. The molecular weight excluding hydrogens is 234 g/mol. The van der Waals surface area contributed by atoms with Crippen LogP contribution in [0.25, 0.3) is 0 Å². The van der Waals surface area contributed by atoms with Gasteiger partial charge in [0.2, 0.25) is 0 Å². The van der Waals surface area contributed by atoms with Crippen molar-refractivity contribution in [3.8, 4) is 5.75 Å². The largest absolute Gasteiger partial charge is 0.490 e. The highest BCUT2D eigenvalue weighted by Crippen LogP contribution is 2.38. The first kappa shape index (κ1) is 13.0. The van der Waals surface area contributed by atoms with E-state index in [4.69, 9.17) is 4.74 Å². The van der Waals surface area contributed by atoms with E-state index in [1.54, 1.807) is 0 Å². The van der Waals surface area contributed by atoms with Crippen molar-refractivity contribution in [3.05, 3.63) is 29.3 Å². The topological polar surface area (TPSA) is 21.3 Å². The van der Waals surface area contributed by atoms with Crippen molar-refractivity contribution in [1.82, 2.24) is 5.32 Å². The molecule has 1 fully saturated rings. The molecule has 0 radical (unpaired) electrons. The van der Waals surface area contributed by atoms with Gasteiger partial charge in [-0.15, -0.1) is 0 Å². The molecule has 2 nitrogen and oxygen atoms in total. The molecule has 1 N–H and O–H groups in total. The van der Waals surface area contributed by atoms with Crippen molar-refractivity contribution in [2.24, 2.45) is 5.92 Å². The standard InChI is InChI=1S/C17H25NO/c1-12-5-3-6-13(11-12)19-17-8-4-7-14-15(17)9-10-16(14)18-2/h4,7-8,12-13,16,18H,3,5-6,9-11H2,1-2H3. The van der Waals surface area contributed by atoms with E-state index >= 15 is 0 Å². The van der Waals surface area contributed by atoms with Crippen LogP contribution >= 0.6 is 0 Å². The van der Waals surface area contributed by atoms with Crippen LogP contribution < -0.4 is 10.1 Å². The molecule has 0 aromatic heterocycles. The van der Waals surface area contributed by atoms with Gasteiger partial charge in [0.25, 0.3) is 0 Å². The lowest BCUT2D eigenvalue weighted by atomic mass is 9.88. The number of ether oxygens (including phenoxy) is 1. The molecule has 0 heterocycles. The van der Waals surface area contributed by atoms with Gasteiger partial charge in [-0.3, -0.25) is 0 Å². The van der Waals surface area contributed by atoms with Gasteiger partial charge in [-0.25, -0.2) is 0 Å². The van der Waals surface area contributed by atoms with Gasteiger partial charge >= 0.3 is 0 Å². The zero-order valence-corrected chi connectivity index (χ0v) is 12.1. The maximum Gasteiger partial charge on any atom is 0.123 e. The second-order valence-electron chi connectivity index (χ2n) is 6.22. The first-order valence-corrected chi connectivity index (χ1v) is 7.73. The van der Waals surface area contributed by atoms with Crippen LogP contribution in [-0.2, 0) is 6.42 Å². The summed E-state index contributed by atoms with van der Waals surface area (Å²) in [5.74, 6) is 1.97. The Balaban J connectivity index is 1.77. The molecule has 0 amide bonds. The average Bonchev–Trinajstić information content (AvgIpc) is 2.83. The Morgan fingerprint density at radius 3 is 2.89 bits per heavy atom. The Morgan fingerprint density at radius 1 is 1.21 bits per heavy atom. The number of benzene rings is 1. The van der Waals surface area contributed by atoms with Crippen LogP contribution in [0.4, 0.5) is 0 Å². The predicted molar refractivity (Wildman–Crippen MR) is 78.6 cm³/mol. The minimum absolute atomic E-state index is 0.434. The molecule has 2 aliphatic carbocycles. The first-order chi connectivity index (χ1) is 9.28. The Bertz CT molecular complexity index is 443. The summed E-state index contributed by atoms with van der Waals surface area (Å²) >= 11 is 0. The normalized spacial score (nSPS) is 30.1. The summed E-state index contributed by atoms with van der Waals surface area (Å²) in [4.78, 5) is 0. The summed E-state index contributed by atoms with van der Waals surface area (Å²) in [6.45, 7) is 2.35. The molecule has 0 aliphatic heterocycles. The first-order valence-electron chi connectivity index (χ1n) is 7.73. The molecule has 3 atom stereocenters. The van der Waals surface area contributed by atoms with E-state index < -0.39 is 0 Å². The van der Waals surface area contributed by atoms with Crippen molar-refractivity contribution in [1.29, 1.82) is 0 Å². The second-order valence-corrected chi connectivity index (χ2v) is 6.22. The van der Waals surface area contributed by atoms with Gasteiger partial charge in [0.05, 0.1) is 6.10 Å².